The first-order chi connectivity index (χ1) is 11.8. The third kappa shape index (κ3) is 3.78. The standard InChI is InChI=1S/C18H17N3O3/c1-23-15-6-7-17(20-11-15)18(22)21(13-16-5-3-9-24-16)12-14-4-2-8-19-10-14/h2-11H,12-13H2,1H3. The number of nitrogens with zero attached hydrogens (tertiary/aromatic N) is 3. The van der Waals surface area contributed by atoms with Crippen LogP contribution in [0.4, 0.5) is 0 Å². The Hall–Kier alpha value is -3.15. The molecule has 0 bridgehead atoms. The summed E-state index contributed by atoms with van der Waals surface area (Å²) < 4.78 is 10.5. The number of ether oxygens (including phenoxy) is 1. The van der Waals surface area contributed by atoms with Gasteiger partial charge in [-0.1, -0.05) is 6.07 Å². The lowest BCUT2D eigenvalue weighted by molar-refractivity contribution is 0.0711. The van der Waals surface area contributed by atoms with Crippen molar-refractivity contribution in [2.75, 3.05) is 7.11 Å². The zero-order valence-electron chi connectivity index (χ0n) is 13.3. The number of rotatable bonds is 6. The van der Waals surface area contributed by atoms with Crippen molar-refractivity contribution in [3.63, 3.8) is 0 Å². The first kappa shape index (κ1) is 15.7. The third-order valence-corrected chi connectivity index (χ3v) is 3.50. The van der Waals surface area contributed by atoms with E-state index in [4.69, 9.17) is 9.15 Å². The third-order valence-electron chi connectivity index (χ3n) is 3.50. The summed E-state index contributed by atoms with van der Waals surface area (Å²) in [5.41, 5.74) is 1.29. The van der Waals surface area contributed by atoms with Crippen LogP contribution in [0.1, 0.15) is 21.8 Å². The van der Waals surface area contributed by atoms with Gasteiger partial charge in [0, 0.05) is 18.9 Å². The molecule has 3 heterocycles. The molecule has 0 saturated carbocycles. The fraction of sp³-hybridized carbons (Fsp3) is 0.167. The van der Waals surface area contributed by atoms with Crippen molar-refractivity contribution in [3.8, 4) is 5.75 Å². The molecule has 0 aliphatic carbocycles. The van der Waals surface area contributed by atoms with Crippen molar-refractivity contribution in [1.29, 1.82) is 0 Å². The van der Waals surface area contributed by atoms with Gasteiger partial charge in [0.25, 0.3) is 5.91 Å². The van der Waals surface area contributed by atoms with E-state index >= 15 is 0 Å². The van der Waals surface area contributed by atoms with Crippen LogP contribution >= 0.6 is 0 Å². The fourth-order valence-corrected chi connectivity index (χ4v) is 2.29. The molecule has 0 aliphatic heterocycles. The van der Waals surface area contributed by atoms with Crippen LogP contribution in [0, 0.1) is 0 Å². The maximum Gasteiger partial charge on any atom is 0.273 e. The molecule has 0 aromatic carbocycles. The molecule has 6 heteroatoms. The van der Waals surface area contributed by atoms with Crippen LogP contribution in [-0.2, 0) is 13.1 Å². The van der Waals surface area contributed by atoms with Crippen LogP contribution in [0.15, 0.2) is 65.7 Å². The smallest absolute Gasteiger partial charge is 0.273 e. The van der Waals surface area contributed by atoms with Crippen LogP contribution in [0.25, 0.3) is 0 Å². The van der Waals surface area contributed by atoms with Crippen LogP contribution in [0.3, 0.4) is 0 Å². The predicted octanol–water partition coefficient (Wildman–Crippen LogP) is 2.92. The second kappa shape index (κ2) is 7.41. The quantitative estimate of drug-likeness (QED) is 0.697. The van der Waals surface area contributed by atoms with E-state index in [0.29, 0.717) is 30.3 Å². The number of hydrogen-bond donors (Lipinski definition) is 0. The number of hydrogen-bond acceptors (Lipinski definition) is 5. The van der Waals surface area contributed by atoms with Crippen molar-refractivity contribution in [3.05, 3.63) is 78.3 Å². The largest absolute Gasteiger partial charge is 0.495 e. The summed E-state index contributed by atoms with van der Waals surface area (Å²) in [6, 6.07) is 10.8. The molecule has 122 valence electrons. The average Bonchev–Trinajstić information content (AvgIpc) is 3.15. The number of furan rings is 1. The Morgan fingerprint density at radius 1 is 1.17 bits per heavy atom. The number of carbonyl (C=O) groups is 1. The Labute approximate surface area is 139 Å². The van der Waals surface area contributed by atoms with E-state index in [9.17, 15) is 4.79 Å². The lowest BCUT2D eigenvalue weighted by atomic mass is 10.2. The van der Waals surface area contributed by atoms with Crippen LogP contribution in [-0.4, -0.2) is 27.9 Å². The molecule has 0 spiro atoms. The number of amides is 1. The highest BCUT2D eigenvalue weighted by atomic mass is 16.5. The highest BCUT2D eigenvalue weighted by Crippen LogP contribution is 2.15. The van der Waals surface area contributed by atoms with Gasteiger partial charge in [-0.25, -0.2) is 4.98 Å². The summed E-state index contributed by atoms with van der Waals surface area (Å²) in [5, 5.41) is 0. The molecular weight excluding hydrogens is 306 g/mol. The summed E-state index contributed by atoms with van der Waals surface area (Å²) in [5.74, 6) is 1.13. The summed E-state index contributed by atoms with van der Waals surface area (Å²) in [6.07, 6.45) is 6.56. The molecule has 0 unspecified atom stereocenters. The van der Waals surface area contributed by atoms with E-state index in [1.165, 1.54) is 6.20 Å². The lowest BCUT2D eigenvalue weighted by Gasteiger charge is -2.21. The molecule has 3 aromatic heterocycles. The number of aromatic nitrogens is 2. The van der Waals surface area contributed by atoms with Crippen molar-refractivity contribution >= 4 is 5.91 Å². The molecule has 3 rings (SSSR count). The first-order valence-electron chi connectivity index (χ1n) is 7.47. The Morgan fingerprint density at radius 3 is 2.71 bits per heavy atom. The molecule has 0 N–H and O–H groups in total. The van der Waals surface area contributed by atoms with E-state index in [2.05, 4.69) is 9.97 Å². The monoisotopic (exact) mass is 323 g/mol. The van der Waals surface area contributed by atoms with Gasteiger partial charge in [-0.3, -0.25) is 9.78 Å². The molecule has 3 aromatic rings. The zero-order chi connectivity index (χ0) is 16.8. The maximum absolute atomic E-state index is 12.8. The first-order valence-corrected chi connectivity index (χ1v) is 7.47. The summed E-state index contributed by atoms with van der Waals surface area (Å²) in [6.45, 7) is 0.773. The maximum atomic E-state index is 12.8. The summed E-state index contributed by atoms with van der Waals surface area (Å²) >= 11 is 0. The van der Waals surface area contributed by atoms with Gasteiger partial charge >= 0.3 is 0 Å². The van der Waals surface area contributed by atoms with E-state index in [0.717, 1.165) is 5.56 Å². The van der Waals surface area contributed by atoms with Crippen LogP contribution < -0.4 is 4.74 Å². The molecule has 0 saturated heterocycles. The topological polar surface area (TPSA) is 68.5 Å². The van der Waals surface area contributed by atoms with Crippen molar-refractivity contribution in [1.82, 2.24) is 14.9 Å². The second-order valence-electron chi connectivity index (χ2n) is 5.19. The van der Waals surface area contributed by atoms with E-state index in [-0.39, 0.29) is 5.91 Å². The Bertz CT molecular complexity index is 771. The molecule has 6 nitrogen and oxygen atoms in total. The number of carbonyl (C=O) groups excluding carboxylic acids is 1. The van der Waals surface area contributed by atoms with Crippen molar-refractivity contribution < 1.29 is 13.9 Å². The molecule has 0 radical (unpaired) electrons. The average molecular weight is 323 g/mol. The summed E-state index contributed by atoms with van der Waals surface area (Å²) in [4.78, 5) is 22.8. The number of pyridine rings is 2. The molecule has 24 heavy (non-hydrogen) atoms. The predicted molar refractivity (Wildman–Crippen MR) is 87.3 cm³/mol. The summed E-state index contributed by atoms with van der Waals surface area (Å²) in [7, 11) is 1.56. The van der Waals surface area contributed by atoms with Crippen LogP contribution in [0.2, 0.25) is 0 Å². The highest BCUT2D eigenvalue weighted by Gasteiger charge is 2.19. The van der Waals surface area contributed by atoms with E-state index < -0.39 is 0 Å². The zero-order valence-corrected chi connectivity index (χ0v) is 13.3. The number of methoxy groups -OCH3 is 1. The van der Waals surface area contributed by atoms with Crippen molar-refractivity contribution in [2.24, 2.45) is 0 Å². The minimum atomic E-state index is -0.182. The van der Waals surface area contributed by atoms with E-state index in [1.54, 1.807) is 48.9 Å². The lowest BCUT2D eigenvalue weighted by Crippen LogP contribution is -2.30. The minimum absolute atomic E-state index is 0.182. The highest BCUT2D eigenvalue weighted by molar-refractivity contribution is 5.92. The van der Waals surface area contributed by atoms with Gasteiger partial charge in [0.1, 0.15) is 17.2 Å². The second-order valence-corrected chi connectivity index (χ2v) is 5.19. The molecule has 0 atom stereocenters. The SMILES string of the molecule is COc1ccc(C(=O)N(Cc2cccnc2)Cc2ccco2)nc1. The fourth-order valence-electron chi connectivity index (χ4n) is 2.29. The van der Waals surface area contributed by atoms with Gasteiger partial charge in [-0.15, -0.1) is 0 Å². The van der Waals surface area contributed by atoms with Crippen LogP contribution in [0.5, 0.6) is 5.75 Å². The van der Waals surface area contributed by atoms with E-state index in [1.807, 2.05) is 18.2 Å². The normalized spacial score (nSPS) is 10.4. The van der Waals surface area contributed by atoms with Gasteiger partial charge in [0.15, 0.2) is 0 Å². The molecular formula is C18H17N3O3. The van der Waals surface area contributed by atoms with Gasteiger partial charge in [-0.05, 0) is 35.9 Å². The van der Waals surface area contributed by atoms with Crippen molar-refractivity contribution in [2.45, 2.75) is 13.1 Å². The molecule has 0 aliphatic rings. The Balaban J connectivity index is 1.83. The minimum Gasteiger partial charge on any atom is -0.495 e. The molecule has 0 fully saturated rings. The van der Waals surface area contributed by atoms with Gasteiger partial charge in [-0.2, -0.15) is 0 Å². The molecule has 1 amide bonds. The Kier molecular flexibility index (Phi) is 4.86. The van der Waals surface area contributed by atoms with Gasteiger partial charge in [0.2, 0.25) is 0 Å². The Morgan fingerprint density at radius 2 is 2.08 bits per heavy atom. The van der Waals surface area contributed by atoms with Gasteiger partial charge < -0.3 is 14.1 Å². The van der Waals surface area contributed by atoms with Gasteiger partial charge in [0.05, 0.1) is 26.1 Å².